The van der Waals surface area contributed by atoms with Gasteiger partial charge in [-0.25, -0.2) is 4.98 Å². The van der Waals surface area contributed by atoms with Gasteiger partial charge in [0, 0.05) is 25.7 Å². The predicted octanol–water partition coefficient (Wildman–Crippen LogP) is 7.98. The molecule has 2 aromatic heterocycles. The van der Waals surface area contributed by atoms with Crippen molar-refractivity contribution in [1.82, 2.24) is 30.3 Å². The van der Waals surface area contributed by atoms with E-state index in [1.54, 1.807) is 4.68 Å². The molecule has 7 aromatic rings. The van der Waals surface area contributed by atoms with Crippen molar-refractivity contribution in [2.45, 2.75) is 95.1 Å². The van der Waals surface area contributed by atoms with Crippen LogP contribution in [-0.2, 0) is 71.1 Å². The number of aliphatic hydroxyl groups is 1. The van der Waals surface area contributed by atoms with Gasteiger partial charge in [0.1, 0.15) is 36.3 Å². The van der Waals surface area contributed by atoms with Gasteiger partial charge in [0.2, 0.25) is 0 Å². The number of benzene rings is 5. The third kappa shape index (κ3) is 11.2. The van der Waals surface area contributed by atoms with E-state index in [-0.39, 0.29) is 33.0 Å². The Morgan fingerprint density at radius 3 is 1.68 bits per heavy atom. The quantitative estimate of drug-likeness (QED) is 0.0743. The lowest BCUT2D eigenvalue weighted by Crippen LogP contribution is -2.69. The largest absolute Gasteiger partial charge is 0.416 e. The summed E-state index contributed by atoms with van der Waals surface area (Å²) in [5, 5.41) is 24.8. The standard InChI is InChI=1S/C48H49F3N6O5/c49-48(50,51)37-23-24-39-40(26-37)54-41(53-39)22-13-25-57-28-38(55-56-57)27-52-42-43(58)45(60-30-34-16-7-2-8-17-34)47(62-32-36-20-11-4-12-21-36)46(61-31-35-18-9-3-10-19-35)44(42)59-29-33-14-5-1-6-15-33/h1-12,14-21,23-24,26,28,42-47,52,58H,13,22,25,27,29-32H2,(H,53,54)/t42-,43-,44+,45+,46-,47-/m1/s1. The second-order valence-electron chi connectivity index (χ2n) is 15.4. The SMILES string of the molecule is O[C@@H]1[C@@H](NCc2cn(CCCc3nc4ccc(C(F)(F)F)cc4[nH]3)nn2)[C@H](OCc2ccccc2)[C@@H](OCc2ccccc2)[C@H](OCc2ccccc2)[C@H]1OCc1ccccc1. The number of hydrogen-bond donors (Lipinski definition) is 3. The number of rotatable bonds is 19. The molecular formula is C48H49F3N6O5. The smallest absolute Gasteiger partial charge is 0.389 e. The zero-order chi connectivity index (χ0) is 42.7. The van der Waals surface area contributed by atoms with E-state index in [1.165, 1.54) is 6.07 Å². The van der Waals surface area contributed by atoms with Crippen molar-refractivity contribution in [2.24, 2.45) is 0 Å². The molecule has 3 N–H and O–H groups in total. The summed E-state index contributed by atoms with van der Waals surface area (Å²) in [6.07, 6.45) is -5.57. The maximum absolute atomic E-state index is 13.2. The van der Waals surface area contributed by atoms with Gasteiger partial charge in [-0.15, -0.1) is 5.10 Å². The Labute approximate surface area is 357 Å². The number of imidazole rings is 1. The van der Waals surface area contributed by atoms with Crippen LogP contribution in [0.2, 0.25) is 0 Å². The third-order valence-corrected chi connectivity index (χ3v) is 10.9. The van der Waals surface area contributed by atoms with Crippen molar-refractivity contribution >= 4 is 11.0 Å². The predicted molar refractivity (Wildman–Crippen MR) is 226 cm³/mol. The Hall–Kier alpha value is -5.74. The maximum Gasteiger partial charge on any atom is 0.416 e. The highest BCUT2D eigenvalue weighted by Gasteiger charge is 2.53. The lowest BCUT2D eigenvalue weighted by molar-refractivity contribution is -0.251. The molecule has 11 nitrogen and oxygen atoms in total. The van der Waals surface area contributed by atoms with Crippen LogP contribution in [0.4, 0.5) is 13.2 Å². The van der Waals surface area contributed by atoms with Gasteiger partial charge in [0.25, 0.3) is 0 Å². The first kappa shape index (κ1) is 42.9. The van der Waals surface area contributed by atoms with E-state index in [9.17, 15) is 18.3 Å². The van der Waals surface area contributed by atoms with Crippen molar-refractivity contribution < 1.29 is 37.2 Å². The normalized spacial score (nSPS) is 20.5. The third-order valence-electron chi connectivity index (χ3n) is 10.9. The van der Waals surface area contributed by atoms with Gasteiger partial charge in [-0.05, 0) is 46.9 Å². The number of alkyl halides is 3. The number of H-pyrrole nitrogens is 1. The molecular weight excluding hydrogens is 798 g/mol. The Morgan fingerprint density at radius 2 is 1.15 bits per heavy atom. The topological polar surface area (TPSA) is 129 Å². The molecule has 0 amide bonds. The lowest BCUT2D eigenvalue weighted by atomic mass is 9.82. The summed E-state index contributed by atoms with van der Waals surface area (Å²) in [6.45, 7) is 1.76. The lowest BCUT2D eigenvalue weighted by Gasteiger charge is -2.49. The summed E-state index contributed by atoms with van der Waals surface area (Å²) < 4.78 is 68.4. The number of aromatic amines is 1. The van der Waals surface area contributed by atoms with Gasteiger partial charge in [-0.2, -0.15) is 13.2 Å². The molecule has 0 bridgehead atoms. The van der Waals surface area contributed by atoms with Crippen LogP contribution in [0.15, 0.2) is 146 Å². The molecule has 1 fully saturated rings. The number of aryl methyl sites for hydroxylation is 2. The van der Waals surface area contributed by atoms with Gasteiger partial charge in [-0.1, -0.05) is 127 Å². The van der Waals surface area contributed by atoms with Crippen LogP contribution >= 0.6 is 0 Å². The fourth-order valence-electron chi connectivity index (χ4n) is 7.76. The minimum Gasteiger partial charge on any atom is -0.389 e. The Kier molecular flexibility index (Phi) is 14.1. The molecule has 0 spiro atoms. The van der Waals surface area contributed by atoms with E-state index >= 15 is 0 Å². The van der Waals surface area contributed by atoms with E-state index < -0.39 is 48.3 Å². The molecule has 62 heavy (non-hydrogen) atoms. The van der Waals surface area contributed by atoms with Gasteiger partial charge in [-0.3, -0.25) is 4.68 Å². The summed E-state index contributed by atoms with van der Waals surface area (Å²) in [7, 11) is 0. The van der Waals surface area contributed by atoms with Gasteiger partial charge in [0.15, 0.2) is 0 Å². The molecule has 1 saturated carbocycles. The summed E-state index contributed by atoms with van der Waals surface area (Å²) in [4.78, 5) is 7.48. The number of ether oxygens (including phenoxy) is 4. The molecule has 8 rings (SSSR count). The van der Waals surface area contributed by atoms with E-state index in [1.807, 2.05) is 128 Å². The first-order chi connectivity index (χ1) is 30.3. The Bertz CT molecular complexity index is 2420. The maximum atomic E-state index is 13.2. The minimum absolute atomic E-state index is 0.235. The molecule has 1 aliphatic rings. The molecule has 2 heterocycles. The number of aromatic nitrogens is 5. The summed E-state index contributed by atoms with van der Waals surface area (Å²) >= 11 is 0. The van der Waals surface area contributed by atoms with Crippen LogP contribution in [-0.4, -0.2) is 66.6 Å². The fourth-order valence-corrected chi connectivity index (χ4v) is 7.76. The number of hydrogen-bond acceptors (Lipinski definition) is 9. The Balaban J connectivity index is 1.02. The number of nitrogens with zero attached hydrogens (tertiary/aromatic N) is 4. The highest BCUT2D eigenvalue weighted by Crippen LogP contribution is 2.34. The highest BCUT2D eigenvalue weighted by molar-refractivity contribution is 5.76. The zero-order valence-electron chi connectivity index (χ0n) is 34.0. The number of aliphatic hydroxyl groups excluding tert-OH is 1. The summed E-state index contributed by atoms with van der Waals surface area (Å²) in [6, 6.07) is 42.2. The second-order valence-corrected chi connectivity index (χ2v) is 15.4. The van der Waals surface area contributed by atoms with Crippen molar-refractivity contribution in [2.75, 3.05) is 0 Å². The zero-order valence-corrected chi connectivity index (χ0v) is 34.0. The van der Waals surface area contributed by atoms with E-state index in [0.29, 0.717) is 41.9 Å². The van der Waals surface area contributed by atoms with Crippen molar-refractivity contribution in [3.05, 3.63) is 185 Å². The molecule has 0 saturated heterocycles. The average Bonchev–Trinajstić information content (AvgIpc) is 3.94. The molecule has 14 heteroatoms. The van der Waals surface area contributed by atoms with Crippen LogP contribution in [0.5, 0.6) is 0 Å². The number of nitrogens with one attached hydrogen (secondary N) is 2. The first-order valence-electron chi connectivity index (χ1n) is 20.8. The first-order valence-corrected chi connectivity index (χ1v) is 20.8. The van der Waals surface area contributed by atoms with Crippen LogP contribution in [0, 0.1) is 0 Å². The van der Waals surface area contributed by atoms with E-state index in [0.717, 1.165) is 34.4 Å². The van der Waals surface area contributed by atoms with Gasteiger partial charge >= 0.3 is 6.18 Å². The summed E-state index contributed by atoms with van der Waals surface area (Å²) in [5.41, 5.74) is 4.58. The monoisotopic (exact) mass is 846 g/mol. The molecule has 6 atom stereocenters. The van der Waals surface area contributed by atoms with E-state index in [2.05, 4.69) is 25.6 Å². The molecule has 5 aromatic carbocycles. The van der Waals surface area contributed by atoms with Crippen LogP contribution < -0.4 is 5.32 Å². The molecule has 0 unspecified atom stereocenters. The van der Waals surface area contributed by atoms with Crippen LogP contribution in [0.25, 0.3) is 11.0 Å². The Morgan fingerprint density at radius 1 is 0.645 bits per heavy atom. The second kappa shape index (κ2) is 20.4. The highest BCUT2D eigenvalue weighted by atomic mass is 19.4. The molecule has 322 valence electrons. The number of halogens is 3. The van der Waals surface area contributed by atoms with E-state index in [4.69, 9.17) is 18.9 Å². The van der Waals surface area contributed by atoms with Gasteiger partial charge < -0.3 is 34.4 Å². The number of fused-ring (bicyclic) bond motifs is 1. The van der Waals surface area contributed by atoms with Crippen molar-refractivity contribution in [3.8, 4) is 0 Å². The summed E-state index contributed by atoms with van der Waals surface area (Å²) in [5.74, 6) is 0.591. The van der Waals surface area contributed by atoms with Crippen LogP contribution in [0.1, 0.15) is 45.8 Å². The van der Waals surface area contributed by atoms with Crippen molar-refractivity contribution in [3.63, 3.8) is 0 Å². The minimum atomic E-state index is -4.43. The van der Waals surface area contributed by atoms with Gasteiger partial charge in [0.05, 0.1) is 54.8 Å². The van der Waals surface area contributed by atoms with Crippen molar-refractivity contribution in [1.29, 1.82) is 0 Å². The fraction of sp³-hybridized carbons (Fsp3) is 0.312. The molecule has 0 aliphatic heterocycles. The molecule has 0 radical (unpaired) electrons. The molecule has 1 aliphatic carbocycles. The average molecular weight is 847 g/mol. The van der Waals surface area contributed by atoms with Crippen LogP contribution in [0.3, 0.4) is 0 Å².